The maximum atomic E-state index is 12.5. The van der Waals surface area contributed by atoms with Gasteiger partial charge < -0.3 is 15.3 Å². The second kappa shape index (κ2) is 5.68. The fourth-order valence-corrected chi connectivity index (χ4v) is 3.41. The predicted molar refractivity (Wildman–Crippen MR) is 82.7 cm³/mol. The van der Waals surface area contributed by atoms with Gasteiger partial charge in [0.2, 0.25) is 11.8 Å². The lowest BCUT2D eigenvalue weighted by Gasteiger charge is -2.31. The highest BCUT2D eigenvalue weighted by Crippen LogP contribution is 2.31. The largest absolute Gasteiger partial charge is 0.479 e. The minimum absolute atomic E-state index is 0.0736. The zero-order valence-corrected chi connectivity index (χ0v) is 13.0. The van der Waals surface area contributed by atoms with Crippen molar-refractivity contribution >= 4 is 17.8 Å². The number of nitrogens with one attached hydrogen (secondary N) is 1. The molecule has 6 heteroatoms. The summed E-state index contributed by atoms with van der Waals surface area (Å²) in [5, 5.41) is 12.4. The molecule has 1 atom stereocenters. The van der Waals surface area contributed by atoms with Crippen LogP contribution >= 0.6 is 0 Å². The number of carboxylic acid groups (broad SMARTS) is 1. The number of hydrogen-bond donors (Lipinski definition) is 2. The maximum Gasteiger partial charge on any atom is 0.330 e. The number of hydrogen-bond acceptors (Lipinski definition) is 3. The molecule has 1 aromatic rings. The Labute approximate surface area is 134 Å². The fraction of sp³-hybridized carbons (Fsp3) is 0.471. The van der Waals surface area contributed by atoms with Crippen LogP contribution in [0.25, 0.3) is 0 Å². The van der Waals surface area contributed by atoms with Crippen LogP contribution < -0.4 is 5.32 Å². The van der Waals surface area contributed by atoms with Crippen LogP contribution in [-0.2, 0) is 27.2 Å². The van der Waals surface area contributed by atoms with Crippen molar-refractivity contribution in [1.82, 2.24) is 10.2 Å². The molecule has 1 aliphatic heterocycles. The van der Waals surface area contributed by atoms with Gasteiger partial charge in [0, 0.05) is 38.8 Å². The Bertz CT molecular complexity index is 645. The molecule has 2 aliphatic rings. The van der Waals surface area contributed by atoms with Crippen molar-refractivity contribution in [3.8, 4) is 0 Å². The number of fused-ring (bicyclic) bond motifs is 1. The number of rotatable bonds is 3. The number of likely N-dealkylation sites (tertiary alicyclic amines) is 1. The average Bonchev–Trinajstić information content (AvgIpc) is 2.89. The maximum absolute atomic E-state index is 12.5. The van der Waals surface area contributed by atoms with E-state index in [1.54, 1.807) is 11.9 Å². The third-order valence-corrected chi connectivity index (χ3v) is 4.91. The molecule has 23 heavy (non-hydrogen) atoms. The highest BCUT2D eigenvalue weighted by Gasteiger charge is 2.46. The molecule has 1 saturated heterocycles. The van der Waals surface area contributed by atoms with Gasteiger partial charge in [-0.1, -0.05) is 24.3 Å². The number of nitrogens with zero attached hydrogens (tertiary/aromatic N) is 1. The summed E-state index contributed by atoms with van der Waals surface area (Å²) in [6.07, 6.45) is 1.28. The van der Waals surface area contributed by atoms with Crippen molar-refractivity contribution in [2.45, 2.75) is 31.2 Å². The third-order valence-electron chi connectivity index (χ3n) is 4.91. The zero-order chi connectivity index (χ0) is 16.6. The Balaban J connectivity index is 1.76. The molecule has 0 saturated carbocycles. The summed E-state index contributed by atoms with van der Waals surface area (Å²) in [6, 6.07) is 7.53. The molecule has 1 fully saturated rings. The monoisotopic (exact) mass is 316 g/mol. The van der Waals surface area contributed by atoms with Gasteiger partial charge in [0.15, 0.2) is 0 Å². The minimum Gasteiger partial charge on any atom is -0.479 e. The molecule has 0 radical (unpaired) electrons. The minimum atomic E-state index is -1.30. The summed E-state index contributed by atoms with van der Waals surface area (Å²) in [4.78, 5) is 37.7. The lowest BCUT2D eigenvalue weighted by atomic mass is 9.91. The van der Waals surface area contributed by atoms with Crippen LogP contribution in [0.4, 0.5) is 0 Å². The van der Waals surface area contributed by atoms with Crippen molar-refractivity contribution in [1.29, 1.82) is 0 Å². The number of carbonyl (C=O) groups excluding carboxylic acids is 2. The molecule has 2 amide bonds. The standard InChI is InChI=1S/C17H20N2O4/c1-19-7-6-11(8-14(19)20)15(21)18-17(16(22)23)9-12-4-2-3-5-13(12)10-17/h2-5,11H,6-10H2,1H3,(H,18,21)(H,22,23)/t11-/m0/s1. The lowest BCUT2D eigenvalue weighted by Crippen LogP contribution is -2.57. The number of benzene rings is 1. The van der Waals surface area contributed by atoms with Gasteiger partial charge in [0.25, 0.3) is 0 Å². The molecule has 1 aliphatic carbocycles. The molecule has 0 bridgehead atoms. The lowest BCUT2D eigenvalue weighted by molar-refractivity contribution is -0.149. The molecule has 3 rings (SSSR count). The molecule has 0 unspecified atom stereocenters. The van der Waals surface area contributed by atoms with Crippen LogP contribution in [0.3, 0.4) is 0 Å². The van der Waals surface area contributed by atoms with Crippen LogP contribution in [0.1, 0.15) is 24.0 Å². The summed E-state index contributed by atoms with van der Waals surface area (Å²) in [5.41, 5.74) is 0.608. The van der Waals surface area contributed by atoms with Gasteiger partial charge in [-0.15, -0.1) is 0 Å². The number of carbonyl (C=O) groups is 3. The molecular weight excluding hydrogens is 296 g/mol. The van der Waals surface area contributed by atoms with E-state index < -0.39 is 17.4 Å². The molecule has 0 spiro atoms. The summed E-state index contributed by atoms with van der Waals surface area (Å²) < 4.78 is 0. The molecule has 1 heterocycles. The second-order valence-electron chi connectivity index (χ2n) is 6.50. The molecule has 122 valence electrons. The average molecular weight is 316 g/mol. The van der Waals surface area contributed by atoms with Crippen molar-refractivity contribution in [3.63, 3.8) is 0 Å². The Kier molecular flexibility index (Phi) is 3.83. The van der Waals surface area contributed by atoms with Gasteiger partial charge in [0.05, 0.1) is 0 Å². The summed E-state index contributed by atoms with van der Waals surface area (Å²) in [6.45, 7) is 0.525. The van der Waals surface area contributed by atoms with Crippen molar-refractivity contribution in [3.05, 3.63) is 35.4 Å². The number of amides is 2. The Morgan fingerprint density at radius 2 is 1.87 bits per heavy atom. The first-order valence-electron chi connectivity index (χ1n) is 7.77. The summed E-state index contributed by atoms with van der Waals surface area (Å²) in [5.74, 6) is -1.88. The Morgan fingerprint density at radius 3 is 2.39 bits per heavy atom. The first kappa shape index (κ1) is 15.5. The van der Waals surface area contributed by atoms with E-state index in [4.69, 9.17) is 0 Å². The van der Waals surface area contributed by atoms with Gasteiger partial charge in [-0.3, -0.25) is 9.59 Å². The first-order chi connectivity index (χ1) is 10.9. The van der Waals surface area contributed by atoms with Gasteiger partial charge in [-0.25, -0.2) is 4.79 Å². The van der Waals surface area contributed by atoms with E-state index in [0.29, 0.717) is 13.0 Å². The highest BCUT2D eigenvalue weighted by atomic mass is 16.4. The van der Waals surface area contributed by atoms with Gasteiger partial charge >= 0.3 is 5.97 Å². The van der Waals surface area contributed by atoms with E-state index >= 15 is 0 Å². The molecular formula is C17H20N2O4. The van der Waals surface area contributed by atoms with E-state index in [1.165, 1.54) is 0 Å². The Hall–Kier alpha value is -2.37. The first-order valence-corrected chi connectivity index (χ1v) is 7.77. The second-order valence-corrected chi connectivity index (χ2v) is 6.50. The van der Waals surface area contributed by atoms with Crippen molar-refractivity contribution in [2.24, 2.45) is 5.92 Å². The summed E-state index contributed by atoms with van der Waals surface area (Å²) in [7, 11) is 1.71. The van der Waals surface area contributed by atoms with E-state index in [9.17, 15) is 19.5 Å². The van der Waals surface area contributed by atoms with Crippen LogP contribution in [0, 0.1) is 5.92 Å². The summed E-state index contributed by atoms with van der Waals surface area (Å²) >= 11 is 0. The molecule has 6 nitrogen and oxygen atoms in total. The van der Waals surface area contributed by atoms with Crippen LogP contribution in [0.5, 0.6) is 0 Å². The van der Waals surface area contributed by atoms with E-state index in [1.807, 2.05) is 24.3 Å². The Morgan fingerprint density at radius 1 is 1.26 bits per heavy atom. The van der Waals surface area contributed by atoms with E-state index in [-0.39, 0.29) is 31.1 Å². The fourth-order valence-electron chi connectivity index (χ4n) is 3.41. The van der Waals surface area contributed by atoms with Crippen molar-refractivity contribution < 1.29 is 19.5 Å². The van der Waals surface area contributed by atoms with Gasteiger partial charge in [-0.05, 0) is 17.5 Å². The quantitative estimate of drug-likeness (QED) is 0.854. The SMILES string of the molecule is CN1CC[C@H](C(=O)NC2(C(=O)O)Cc3ccccc3C2)CC1=O. The van der Waals surface area contributed by atoms with Crippen LogP contribution in [-0.4, -0.2) is 46.9 Å². The van der Waals surface area contributed by atoms with Crippen LogP contribution in [0.2, 0.25) is 0 Å². The number of piperidine rings is 1. The van der Waals surface area contributed by atoms with Gasteiger partial charge in [-0.2, -0.15) is 0 Å². The molecule has 0 aromatic heterocycles. The predicted octanol–water partition coefficient (Wildman–Crippen LogP) is 0.593. The topological polar surface area (TPSA) is 86.7 Å². The zero-order valence-electron chi connectivity index (χ0n) is 13.0. The number of aliphatic carboxylic acids is 1. The smallest absolute Gasteiger partial charge is 0.330 e. The molecule has 1 aromatic carbocycles. The van der Waals surface area contributed by atoms with Gasteiger partial charge in [0.1, 0.15) is 5.54 Å². The third kappa shape index (κ3) is 2.81. The van der Waals surface area contributed by atoms with Crippen LogP contribution in [0.15, 0.2) is 24.3 Å². The van der Waals surface area contributed by atoms with E-state index in [2.05, 4.69) is 5.32 Å². The highest BCUT2D eigenvalue weighted by molar-refractivity contribution is 5.92. The normalized spacial score (nSPS) is 22.6. The molecule has 2 N–H and O–H groups in total. The number of carboxylic acids is 1. The van der Waals surface area contributed by atoms with Crippen molar-refractivity contribution in [2.75, 3.05) is 13.6 Å². The van der Waals surface area contributed by atoms with E-state index in [0.717, 1.165) is 11.1 Å².